The van der Waals surface area contributed by atoms with Gasteiger partial charge in [-0.05, 0) is 30.5 Å². The summed E-state index contributed by atoms with van der Waals surface area (Å²) >= 11 is 0. The van der Waals surface area contributed by atoms with Crippen LogP contribution in [0.15, 0.2) is 36.5 Å². The van der Waals surface area contributed by atoms with Gasteiger partial charge in [0.05, 0.1) is 5.69 Å². The Morgan fingerprint density at radius 2 is 1.80 bits per heavy atom. The number of rotatable bonds is 4. The molecular weight excluding hydrogens is 251 g/mol. The van der Waals surface area contributed by atoms with Crippen LogP contribution >= 0.6 is 0 Å². The number of halogens is 1. The van der Waals surface area contributed by atoms with E-state index >= 15 is 0 Å². The number of nitrogens with two attached hydrogens (primary N) is 1. The molecule has 20 heavy (non-hydrogen) atoms. The molecular formula is C17H21FN2. The molecule has 0 aliphatic heterocycles. The third kappa shape index (κ3) is 3.23. The average molecular weight is 272 g/mol. The molecule has 0 fully saturated rings. The van der Waals surface area contributed by atoms with Gasteiger partial charge in [-0.3, -0.25) is 4.98 Å². The fourth-order valence-electron chi connectivity index (χ4n) is 2.11. The van der Waals surface area contributed by atoms with Crippen LogP contribution in [0.4, 0.5) is 4.39 Å². The van der Waals surface area contributed by atoms with Crippen molar-refractivity contribution in [3.8, 4) is 0 Å². The van der Waals surface area contributed by atoms with Crippen LogP contribution in [0.2, 0.25) is 0 Å². The van der Waals surface area contributed by atoms with E-state index in [1.807, 2.05) is 13.8 Å². The van der Waals surface area contributed by atoms with E-state index in [1.165, 1.54) is 5.56 Å². The molecule has 0 unspecified atom stereocenters. The van der Waals surface area contributed by atoms with Crippen molar-refractivity contribution < 1.29 is 4.39 Å². The number of nitrogens with zero attached hydrogens (tertiary/aromatic N) is 1. The summed E-state index contributed by atoms with van der Waals surface area (Å²) in [5.41, 5.74) is 8.93. The number of pyridine rings is 1. The highest BCUT2D eigenvalue weighted by Gasteiger charge is 2.24. The van der Waals surface area contributed by atoms with Crippen molar-refractivity contribution in [2.75, 3.05) is 6.54 Å². The first-order valence-corrected chi connectivity index (χ1v) is 6.83. The van der Waals surface area contributed by atoms with Gasteiger partial charge in [-0.15, -0.1) is 0 Å². The largest absolute Gasteiger partial charge is 0.330 e. The molecule has 0 saturated heterocycles. The van der Waals surface area contributed by atoms with Crippen molar-refractivity contribution in [1.82, 2.24) is 4.98 Å². The Labute approximate surface area is 119 Å². The standard InChI is InChI=1S/C17H21FN2/c1-12-4-6-13(7-5-12)8-14-9-15(18)16(20-10-14)17(2,3)11-19/h4-7,9-10H,8,11,19H2,1-3H3. The Morgan fingerprint density at radius 3 is 2.35 bits per heavy atom. The topological polar surface area (TPSA) is 38.9 Å². The Hall–Kier alpha value is -1.74. The van der Waals surface area contributed by atoms with Crippen LogP contribution in [-0.4, -0.2) is 11.5 Å². The first-order chi connectivity index (χ1) is 9.42. The van der Waals surface area contributed by atoms with Crippen molar-refractivity contribution in [2.24, 2.45) is 5.73 Å². The summed E-state index contributed by atoms with van der Waals surface area (Å²) in [5, 5.41) is 0. The van der Waals surface area contributed by atoms with E-state index in [2.05, 4.69) is 36.2 Å². The lowest BCUT2D eigenvalue weighted by atomic mass is 9.88. The van der Waals surface area contributed by atoms with Gasteiger partial charge in [0.1, 0.15) is 5.82 Å². The second kappa shape index (κ2) is 5.71. The van der Waals surface area contributed by atoms with Gasteiger partial charge in [-0.1, -0.05) is 43.7 Å². The highest BCUT2D eigenvalue weighted by Crippen LogP contribution is 2.23. The van der Waals surface area contributed by atoms with E-state index in [-0.39, 0.29) is 5.82 Å². The lowest BCUT2D eigenvalue weighted by Gasteiger charge is -2.22. The minimum Gasteiger partial charge on any atom is -0.330 e. The fourth-order valence-corrected chi connectivity index (χ4v) is 2.11. The zero-order chi connectivity index (χ0) is 14.8. The SMILES string of the molecule is Cc1ccc(Cc2cnc(C(C)(C)CN)c(F)c2)cc1. The van der Waals surface area contributed by atoms with E-state index in [0.717, 1.165) is 11.1 Å². The van der Waals surface area contributed by atoms with Gasteiger partial charge in [0.2, 0.25) is 0 Å². The van der Waals surface area contributed by atoms with Crippen molar-refractivity contribution in [1.29, 1.82) is 0 Å². The molecule has 0 aliphatic rings. The monoisotopic (exact) mass is 272 g/mol. The van der Waals surface area contributed by atoms with Gasteiger partial charge in [-0.2, -0.15) is 0 Å². The van der Waals surface area contributed by atoms with Crippen molar-refractivity contribution in [3.63, 3.8) is 0 Å². The van der Waals surface area contributed by atoms with E-state index in [1.54, 1.807) is 12.3 Å². The molecule has 2 rings (SSSR count). The molecule has 3 heteroatoms. The smallest absolute Gasteiger partial charge is 0.145 e. The van der Waals surface area contributed by atoms with Crippen LogP contribution in [0.3, 0.4) is 0 Å². The van der Waals surface area contributed by atoms with Crippen molar-refractivity contribution in [3.05, 3.63) is 64.7 Å². The summed E-state index contributed by atoms with van der Waals surface area (Å²) in [4.78, 5) is 4.28. The van der Waals surface area contributed by atoms with E-state index in [9.17, 15) is 4.39 Å². The number of aromatic nitrogens is 1. The van der Waals surface area contributed by atoms with E-state index < -0.39 is 5.41 Å². The molecule has 0 radical (unpaired) electrons. The van der Waals surface area contributed by atoms with Crippen LogP contribution in [-0.2, 0) is 11.8 Å². The van der Waals surface area contributed by atoms with E-state index in [0.29, 0.717) is 18.7 Å². The predicted molar refractivity (Wildman–Crippen MR) is 80.3 cm³/mol. The lowest BCUT2D eigenvalue weighted by molar-refractivity contribution is 0.473. The maximum atomic E-state index is 14.2. The molecule has 0 atom stereocenters. The van der Waals surface area contributed by atoms with Crippen LogP contribution in [0.25, 0.3) is 0 Å². The minimum absolute atomic E-state index is 0.273. The van der Waals surface area contributed by atoms with Crippen molar-refractivity contribution >= 4 is 0 Å². The summed E-state index contributed by atoms with van der Waals surface area (Å²) in [6, 6.07) is 9.81. The normalized spacial score (nSPS) is 11.7. The van der Waals surface area contributed by atoms with Crippen LogP contribution in [0.1, 0.15) is 36.2 Å². The Morgan fingerprint density at radius 1 is 1.15 bits per heavy atom. The summed E-state index contributed by atoms with van der Waals surface area (Å²) in [6.07, 6.45) is 2.43. The van der Waals surface area contributed by atoms with Crippen molar-refractivity contribution in [2.45, 2.75) is 32.6 Å². The molecule has 2 N–H and O–H groups in total. The first kappa shape index (κ1) is 14.7. The second-order valence-corrected chi connectivity index (χ2v) is 5.92. The van der Waals surface area contributed by atoms with Gasteiger partial charge >= 0.3 is 0 Å². The second-order valence-electron chi connectivity index (χ2n) is 5.92. The Bertz CT molecular complexity index is 588. The number of hydrogen-bond acceptors (Lipinski definition) is 2. The molecule has 2 nitrogen and oxygen atoms in total. The predicted octanol–water partition coefficient (Wildman–Crippen LogP) is 3.36. The first-order valence-electron chi connectivity index (χ1n) is 6.83. The highest BCUT2D eigenvalue weighted by molar-refractivity contribution is 5.29. The quantitative estimate of drug-likeness (QED) is 0.927. The maximum absolute atomic E-state index is 14.2. The Kier molecular flexibility index (Phi) is 4.19. The molecule has 106 valence electrons. The molecule has 2 aromatic rings. The molecule has 0 bridgehead atoms. The fraction of sp³-hybridized carbons (Fsp3) is 0.353. The Balaban J connectivity index is 2.23. The summed E-state index contributed by atoms with van der Waals surface area (Å²) < 4.78 is 14.2. The number of hydrogen-bond donors (Lipinski definition) is 1. The van der Waals surface area contributed by atoms with E-state index in [4.69, 9.17) is 5.73 Å². The van der Waals surface area contributed by atoms with Gasteiger partial charge in [0, 0.05) is 18.2 Å². The third-order valence-electron chi connectivity index (χ3n) is 3.58. The van der Waals surface area contributed by atoms with Gasteiger partial charge in [0.25, 0.3) is 0 Å². The van der Waals surface area contributed by atoms with Gasteiger partial charge in [-0.25, -0.2) is 4.39 Å². The van der Waals surface area contributed by atoms with Crippen LogP contribution < -0.4 is 5.73 Å². The number of aryl methyl sites for hydroxylation is 1. The average Bonchev–Trinajstić information content (AvgIpc) is 2.41. The molecule has 1 heterocycles. The molecule has 1 aromatic heterocycles. The van der Waals surface area contributed by atoms with Gasteiger partial charge < -0.3 is 5.73 Å². The minimum atomic E-state index is -0.438. The molecule has 1 aromatic carbocycles. The molecule has 0 saturated carbocycles. The van der Waals surface area contributed by atoms with Crippen LogP contribution in [0.5, 0.6) is 0 Å². The molecule has 0 spiro atoms. The lowest BCUT2D eigenvalue weighted by Crippen LogP contribution is -2.30. The van der Waals surface area contributed by atoms with Gasteiger partial charge in [0.15, 0.2) is 0 Å². The zero-order valence-corrected chi connectivity index (χ0v) is 12.3. The molecule has 0 amide bonds. The number of benzene rings is 1. The summed E-state index contributed by atoms with van der Waals surface area (Å²) in [7, 11) is 0. The van der Waals surface area contributed by atoms with Crippen LogP contribution in [0, 0.1) is 12.7 Å². The maximum Gasteiger partial charge on any atom is 0.145 e. The molecule has 0 aliphatic carbocycles. The summed E-state index contributed by atoms with van der Waals surface area (Å²) in [5.74, 6) is -0.273. The third-order valence-corrected chi connectivity index (χ3v) is 3.58. The zero-order valence-electron chi connectivity index (χ0n) is 12.3. The summed E-state index contributed by atoms with van der Waals surface area (Å²) in [6.45, 7) is 6.22. The highest BCUT2D eigenvalue weighted by atomic mass is 19.1.